The summed E-state index contributed by atoms with van der Waals surface area (Å²) in [4.78, 5) is 0. The number of fused-ring (bicyclic) bond motifs is 2. The fourth-order valence-corrected chi connectivity index (χ4v) is 4.13. The van der Waals surface area contributed by atoms with Crippen molar-refractivity contribution in [2.75, 3.05) is 6.54 Å². The van der Waals surface area contributed by atoms with Gasteiger partial charge in [0.15, 0.2) is 0 Å². The number of phenols is 1. The van der Waals surface area contributed by atoms with Gasteiger partial charge in [-0.05, 0) is 66.8 Å². The quantitative estimate of drug-likeness (QED) is 0.780. The third-order valence-corrected chi connectivity index (χ3v) is 4.95. The smallest absolute Gasteiger partial charge is 0.115 e. The van der Waals surface area contributed by atoms with Crippen LogP contribution in [-0.2, 0) is 11.8 Å². The van der Waals surface area contributed by atoms with E-state index in [1.54, 1.807) is 0 Å². The fraction of sp³-hybridized carbons (Fsp3) is 0.600. The van der Waals surface area contributed by atoms with Crippen molar-refractivity contribution in [1.29, 1.82) is 0 Å². The molecule has 2 nitrogen and oxygen atoms in total. The molecule has 0 saturated heterocycles. The Morgan fingerprint density at radius 3 is 2.76 bits per heavy atom. The van der Waals surface area contributed by atoms with E-state index in [9.17, 15) is 5.11 Å². The van der Waals surface area contributed by atoms with Gasteiger partial charge < -0.3 is 10.8 Å². The normalized spacial score (nSPS) is 26.1. The number of benzene rings is 1. The first-order valence-electron chi connectivity index (χ1n) is 6.79. The Morgan fingerprint density at radius 2 is 2.06 bits per heavy atom. The van der Waals surface area contributed by atoms with Crippen LogP contribution in [0.2, 0.25) is 0 Å². The number of hydrogen-bond donors (Lipinski definition) is 2. The lowest BCUT2D eigenvalue weighted by molar-refractivity contribution is 0.243. The van der Waals surface area contributed by atoms with Gasteiger partial charge in [-0.15, -0.1) is 0 Å². The summed E-state index contributed by atoms with van der Waals surface area (Å²) in [5.41, 5.74) is 9.16. The van der Waals surface area contributed by atoms with Crippen LogP contribution in [-0.4, -0.2) is 11.7 Å². The molecule has 1 saturated carbocycles. The van der Waals surface area contributed by atoms with Crippen LogP contribution in [0.4, 0.5) is 0 Å². The maximum Gasteiger partial charge on any atom is 0.115 e. The highest BCUT2D eigenvalue weighted by molar-refractivity contribution is 5.43. The molecule has 0 aromatic heterocycles. The molecule has 1 unspecified atom stereocenters. The Balaban J connectivity index is 2.10. The zero-order valence-corrected chi connectivity index (χ0v) is 10.3. The molecule has 1 atom stereocenters. The van der Waals surface area contributed by atoms with Gasteiger partial charge in [0.25, 0.3) is 0 Å². The summed E-state index contributed by atoms with van der Waals surface area (Å²) >= 11 is 0. The third-order valence-electron chi connectivity index (χ3n) is 4.95. The minimum Gasteiger partial charge on any atom is -0.508 e. The Kier molecular flexibility index (Phi) is 2.62. The first-order chi connectivity index (χ1) is 8.26. The molecule has 1 aromatic carbocycles. The van der Waals surface area contributed by atoms with Crippen LogP contribution in [0.3, 0.4) is 0 Å². The third kappa shape index (κ3) is 1.58. The largest absolute Gasteiger partial charge is 0.508 e. The van der Waals surface area contributed by atoms with Crippen molar-refractivity contribution in [3.8, 4) is 5.75 Å². The van der Waals surface area contributed by atoms with Gasteiger partial charge in [0.2, 0.25) is 0 Å². The number of nitrogens with two attached hydrogens (primary N) is 1. The second-order valence-electron chi connectivity index (χ2n) is 5.68. The number of aromatic hydroxyl groups is 1. The summed E-state index contributed by atoms with van der Waals surface area (Å²) in [7, 11) is 0. The second kappa shape index (κ2) is 4.02. The maximum atomic E-state index is 9.62. The lowest BCUT2D eigenvalue weighted by Crippen LogP contribution is -2.41. The molecular weight excluding hydrogens is 210 g/mol. The zero-order chi connectivity index (χ0) is 11.9. The van der Waals surface area contributed by atoms with E-state index >= 15 is 0 Å². The minimum absolute atomic E-state index is 0.329. The molecule has 3 rings (SSSR count). The van der Waals surface area contributed by atoms with Crippen molar-refractivity contribution in [2.45, 2.75) is 43.9 Å². The van der Waals surface area contributed by atoms with E-state index in [0.29, 0.717) is 17.1 Å². The molecule has 0 radical (unpaired) electrons. The van der Waals surface area contributed by atoms with Crippen molar-refractivity contribution in [1.82, 2.24) is 0 Å². The summed E-state index contributed by atoms with van der Waals surface area (Å²) in [6, 6.07) is 5.96. The predicted molar refractivity (Wildman–Crippen MR) is 69.1 cm³/mol. The molecule has 0 heterocycles. The highest BCUT2D eigenvalue weighted by Gasteiger charge is 2.45. The summed E-state index contributed by atoms with van der Waals surface area (Å²) in [6.45, 7) is 0.806. The molecule has 1 fully saturated rings. The molecule has 0 bridgehead atoms. The van der Waals surface area contributed by atoms with Crippen LogP contribution in [0.5, 0.6) is 5.75 Å². The van der Waals surface area contributed by atoms with Gasteiger partial charge in [0, 0.05) is 0 Å². The Labute approximate surface area is 103 Å². The van der Waals surface area contributed by atoms with Crippen molar-refractivity contribution in [2.24, 2.45) is 11.7 Å². The monoisotopic (exact) mass is 231 g/mol. The molecule has 0 aliphatic heterocycles. The number of aryl methyl sites for hydroxylation is 1. The summed E-state index contributed by atoms with van der Waals surface area (Å²) in [5, 5.41) is 9.62. The zero-order valence-electron chi connectivity index (χ0n) is 10.3. The van der Waals surface area contributed by atoms with E-state index in [1.165, 1.54) is 43.2 Å². The molecule has 3 N–H and O–H groups in total. The van der Waals surface area contributed by atoms with E-state index in [-0.39, 0.29) is 0 Å². The molecule has 1 aromatic rings. The average Bonchev–Trinajstić information content (AvgIpc) is 2.79. The molecule has 2 aliphatic carbocycles. The molecular formula is C15H21NO. The van der Waals surface area contributed by atoms with Gasteiger partial charge >= 0.3 is 0 Å². The number of phenolic OH excluding ortho intramolecular Hbond substituents is 1. The summed E-state index contributed by atoms with van der Waals surface area (Å²) in [6.07, 6.45) is 7.49. The Hall–Kier alpha value is -1.02. The highest BCUT2D eigenvalue weighted by Crippen LogP contribution is 2.52. The van der Waals surface area contributed by atoms with Crippen LogP contribution < -0.4 is 5.73 Å². The van der Waals surface area contributed by atoms with Gasteiger partial charge in [-0.25, -0.2) is 0 Å². The Morgan fingerprint density at radius 1 is 1.29 bits per heavy atom. The second-order valence-corrected chi connectivity index (χ2v) is 5.68. The van der Waals surface area contributed by atoms with E-state index in [0.717, 1.165) is 13.0 Å². The first-order valence-corrected chi connectivity index (χ1v) is 6.79. The highest BCUT2D eigenvalue weighted by atomic mass is 16.3. The van der Waals surface area contributed by atoms with Gasteiger partial charge in [0.05, 0.1) is 0 Å². The van der Waals surface area contributed by atoms with Crippen LogP contribution in [0, 0.1) is 5.92 Å². The van der Waals surface area contributed by atoms with E-state index < -0.39 is 0 Å². The van der Waals surface area contributed by atoms with Crippen molar-refractivity contribution in [3.05, 3.63) is 29.3 Å². The molecule has 0 amide bonds. The molecule has 92 valence electrons. The topological polar surface area (TPSA) is 46.2 Å². The lowest BCUT2D eigenvalue weighted by atomic mass is 9.62. The van der Waals surface area contributed by atoms with E-state index in [4.69, 9.17) is 5.73 Å². The van der Waals surface area contributed by atoms with Gasteiger partial charge in [-0.3, -0.25) is 0 Å². The number of rotatable bonds is 1. The van der Waals surface area contributed by atoms with Crippen molar-refractivity contribution in [3.63, 3.8) is 0 Å². The molecule has 2 aliphatic rings. The van der Waals surface area contributed by atoms with Gasteiger partial charge in [-0.1, -0.05) is 18.9 Å². The predicted octanol–water partition coefficient (Wildman–Crippen LogP) is 2.73. The van der Waals surface area contributed by atoms with Crippen LogP contribution in [0.15, 0.2) is 18.2 Å². The molecule has 17 heavy (non-hydrogen) atoms. The van der Waals surface area contributed by atoms with Gasteiger partial charge in [0.1, 0.15) is 5.75 Å². The van der Waals surface area contributed by atoms with Gasteiger partial charge in [-0.2, -0.15) is 0 Å². The molecule has 2 heteroatoms. The van der Waals surface area contributed by atoms with Crippen LogP contribution in [0.1, 0.15) is 43.2 Å². The maximum absolute atomic E-state index is 9.62. The average molecular weight is 231 g/mol. The standard InChI is InChI=1S/C15H21NO/c16-10-12-4-3-11-9-13(17)5-6-14(11)15(12)7-1-2-8-15/h5-6,9,12,17H,1-4,7-8,10,16H2. The van der Waals surface area contributed by atoms with Crippen molar-refractivity contribution >= 4 is 0 Å². The number of hydrogen-bond acceptors (Lipinski definition) is 2. The first kappa shape index (κ1) is 11.1. The molecule has 1 spiro atoms. The SMILES string of the molecule is NCC1CCc2cc(O)ccc2C12CCCC2. The summed E-state index contributed by atoms with van der Waals surface area (Å²) < 4.78 is 0. The Bertz CT molecular complexity index is 421. The van der Waals surface area contributed by atoms with E-state index in [1.807, 2.05) is 12.1 Å². The fourth-order valence-electron chi connectivity index (χ4n) is 4.13. The van der Waals surface area contributed by atoms with Crippen LogP contribution >= 0.6 is 0 Å². The van der Waals surface area contributed by atoms with E-state index in [2.05, 4.69) is 6.07 Å². The lowest BCUT2D eigenvalue weighted by Gasteiger charge is -2.43. The van der Waals surface area contributed by atoms with Crippen molar-refractivity contribution < 1.29 is 5.11 Å². The summed E-state index contributed by atoms with van der Waals surface area (Å²) in [5.74, 6) is 1.05. The van der Waals surface area contributed by atoms with Crippen LogP contribution in [0.25, 0.3) is 0 Å². The minimum atomic E-state index is 0.329.